The molecule has 0 radical (unpaired) electrons. The molecule has 1 amide bonds. The van der Waals surface area contributed by atoms with E-state index in [1.54, 1.807) is 40.0 Å². The van der Waals surface area contributed by atoms with Crippen molar-refractivity contribution in [2.45, 2.75) is 25.4 Å². The molecule has 0 aliphatic carbocycles. The molecule has 25 heavy (non-hydrogen) atoms. The number of amides is 1. The highest BCUT2D eigenvalue weighted by atomic mass is 16.2. The van der Waals surface area contributed by atoms with Gasteiger partial charge in [0.2, 0.25) is 5.91 Å². The van der Waals surface area contributed by atoms with Gasteiger partial charge in [-0.05, 0) is 25.0 Å². The molecule has 128 valence electrons. The third-order valence-corrected chi connectivity index (χ3v) is 4.60. The third kappa shape index (κ3) is 2.79. The summed E-state index contributed by atoms with van der Waals surface area (Å²) < 4.78 is 2.87. The van der Waals surface area contributed by atoms with Crippen LogP contribution in [-0.2, 0) is 18.4 Å². The summed E-state index contributed by atoms with van der Waals surface area (Å²) in [7, 11) is 1.86. The van der Waals surface area contributed by atoms with Gasteiger partial charge in [0, 0.05) is 25.4 Å². The standard InChI is InChI=1S/C17H18N6O2/c1-21-10-12(9-18-21)15-7-4-8-22(15)16(24)11-23-17(25)13-5-2-3-6-14(13)19-20-23/h2-3,5-6,9-10,15H,4,7-8,11H2,1H3. The Morgan fingerprint density at radius 3 is 2.96 bits per heavy atom. The molecule has 0 N–H and O–H groups in total. The van der Waals surface area contributed by atoms with Crippen LogP contribution in [0.2, 0.25) is 0 Å². The van der Waals surface area contributed by atoms with Gasteiger partial charge in [0.25, 0.3) is 5.56 Å². The van der Waals surface area contributed by atoms with E-state index >= 15 is 0 Å². The second-order valence-corrected chi connectivity index (χ2v) is 6.26. The van der Waals surface area contributed by atoms with Gasteiger partial charge in [-0.15, -0.1) is 5.10 Å². The Bertz CT molecular complexity index is 992. The lowest BCUT2D eigenvalue weighted by Gasteiger charge is -2.23. The van der Waals surface area contributed by atoms with Gasteiger partial charge in [0.1, 0.15) is 12.1 Å². The fourth-order valence-corrected chi connectivity index (χ4v) is 3.37. The molecule has 1 unspecified atom stereocenters. The highest BCUT2D eigenvalue weighted by Crippen LogP contribution is 2.31. The van der Waals surface area contributed by atoms with Crippen LogP contribution in [0.3, 0.4) is 0 Å². The van der Waals surface area contributed by atoms with Gasteiger partial charge in [-0.3, -0.25) is 14.3 Å². The van der Waals surface area contributed by atoms with Crippen LogP contribution in [0.25, 0.3) is 10.9 Å². The van der Waals surface area contributed by atoms with E-state index in [4.69, 9.17) is 0 Å². The Balaban J connectivity index is 1.59. The molecule has 1 saturated heterocycles. The topological polar surface area (TPSA) is 85.9 Å². The summed E-state index contributed by atoms with van der Waals surface area (Å²) in [6.45, 7) is 0.571. The Morgan fingerprint density at radius 1 is 1.32 bits per heavy atom. The molecule has 1 atom stereocenters. The third-order valence-electron chi connectivity index (χ3n) is 4.60. The first-order valence-corrected chi connectivity index (χ1v) is 8.24. The number of hydrogen-bond donors (Lipinski definition) is 0. The molecular formula is C17H18N6O2. The van der Waals surface area contributed by atoms with Crippen molar-refractivity contribution in [1.29, 1.82) is 0 Å². The Morgan fingerprint density at radius 2 is 2.16 bits per heavy atom. The maximum atomic E-state index is 12.8. The van der Waals surface area contributed by atoms with E-state index in [0.29, 0.717) is 17.4 Å². The zero-order valence-electron chi connectivity index (χ0n) is 13.9. The number of fused-ring (bicyclic) bond motifs is 1. The number of nitrogens with zero attached hydrogens (tertiary/aromatic N) is 6. The summed E-state index contributed by atoms with van der Waals surface area (Å²) in [6.07, 6.45) is 5.55. The van der Waals surface area contributed by atoms with E-state index in [1.807, 2.05) is 13.2 Å². The van der Waals surface area contributed by atoms with E-state index in [1.165, 1.54) is 0 Å². The highest BCUT2D eigenvalue weighted by Gasteiger charge is 2.31. The second kappa shape index (κ2) is 6.12. The van der Waals surface area contributed by atoms with E-state index < -0.39 is 0 Å². The second-order valence-electron chi connectivity index (χ2n) is 6.26. The molecule has 2 aromatic heterocycles. The lowest BCUT2D eigenvalue weighted by molar-refractivity contribution is -0.133. The number of aryl methyl sites for hydroxylation is 1. The largest absolute Gasteiger partial charge is 0.334 e. The van der Waals surface area contributed by atoms with Gasteiger partial charge >= 0.3 is 0 Å². The van der Waals surface area contributed by atoms with Gasteiger partial charge < -0.3 is 4.90 Å². The van der Waals surface area contributed by atoms with Crippen molar-refractivity contribution in [3.05, 3.63) is 52.6 Å². The lowest BCUT2D eigenvalue weighted by Crippen LogP contribution is -2.37. The molecule has 8 heteroatoms. The minimum absolute atomic E-state index is 0.00492. The summed E-state index contributed by atoms with van der Waals surface area (Å²) in [6, 6.07) is 7.01. The van der Waals surface area contributed by atoms with Crippen LogP contribution in [0.5, 0.6) is 0 Å². The first-order valence-electron chi connectivity index (χ1n) is 8.24. The van der Waals surface area contributed by atoms with Crippen molar-refractivity contribution in [2.24, 2.45) is 7.05 Å². The van der Waals surface area contributed by atoms with Crippen LogP contribution in [0.15, 0.2) is 41.5 Å². The van der Waals surface area contributed by atoms with Crippen LogP contribution < -0.4 is 5.56 Å². The number of hydrogen-bond acceptors (Lipinski definition) is 5. The first-order chi connectivity index (χ1) is 12.1. The SMILES string of the molecule is Cn1cc(C2CCCN2C(=O)Cn2nnc3ccccc3c2=O)cn1. The molecule has 8 nitrogen and oxygen atoms in total. The van der Waals surface area contributed by atoms with Crippen molar-refractivity contribution in [3.8, 4) is 0 Å². The van der Waals surface area contributed by atoms with Crippen molar-refractivity contribution < 1.29 is 4.79 Å². The predicted octanol–water partition coefficient (Wildman–Crippen LogP) is 0.889. The van der Waals surface area contributed by atoms with E-state index in [9.17, 15) is 9.59 Å². The smallest absolute Gasteiger partial charge is 0.278 e. The van der Waals surface area contributed by atoms with Crippen LogP contribution in [0.4, 0.5) is 0 Å². The maximum Gasteiger partial charge on any atom is 0.278 e. The average Bonchev–Trinajstić information content (AvgIpc) is 3.26. The van der Waals surface area contributed by atoms with Gasteiger partial charge in [-0.25, -0.2) is 4.68 Å². The number of rotatable bonds is 3. The quantitative estimate of drug-likeness (QED) is 0.708. The first kappa shape index (κ1) is 15.5. The van der Waals surface area contributed by atoms with Crippen molar-refractivity contribution >= 4 is 16.8 Å². The van der Waals surface area contributed by atoms with E-state index in [2.05, 4.69) is 15.4 Å². The van der Waals surface area contributed by atoms with Gasteiger partial charge in [-0.2, -0.15) is 5.10 Å². The number of benzene rings is 1. The van der Waals surface area contributed by atoms with Crippen molar-refractivity contribution in [1.82, 2.24) is 29.7 Å². The highest BCUT2D eigenvalue weighted by molar-refractivity contribution is 5.78. The molecule has 0 bridgehead atoms. The Kier molecular flexibility index (Phi) is 3.79. The number of carbonyl (C=O) groups excluding carboxylic acids is 1. The molecule has 1 aliphatic rings. The summed E-state index contributed by atoms with van der Waals surface area (Å²) >= 11 is 0. The number of aromatic nitrogens is 5. The minimum Gasteiger partial charge on any atom is -0.334 e. The zero-order chi connectivity index (χ0) is 17.4. The van der Waals surface area contributed by atoms with Crippen LogP contribution >= 0.6 is 0 Å². The van der Waals surface area contributed by atoms with Crippen molar-refractivity contribution in [3.63, 3.8) is 0 Å². The molecule has 1 aromatic carbocycles. The fourth-order valence-electron chi connectivity index (χ4n) is 3.37. The zero-order valence-corrected chi connectivity index (χ0v) is 13.9. The Hall–Kier alpha value is -3.03. The summed E-state index contributed by atoms with van der Waals surface area (Å²) in [5.74, 6) is -0.127. The molecule has 3 heterocycles. The van der Waals surface area contributed by atoms with Crippen LogP contribution in [-0.4, -0.2) is 42.1 Å². The van der Waals surface area contributed by atoms with Crippen LogP contribution in [0.1, 0.15) is 24.4 Å². The molecule has 3 aromatic rings. The molecule has 4 rings (SSSR count). The van der Waals surface area contributed by atoms with Crippen molar-refractivity contribution in [2.75, 3.05) is 6.54 Å². The van der Waals surface area contributed by atoms with Crippen LogP contribution in [0, 0.1) is 0 Å². The lowest BCUT2D eigenvalue weighted by atomic mass is 10.1. The minimum atomic E-state index is -0.295. The van der Waals surface area contributed by atoms with Gasteiger partial charge in [0.15, 0.2) is 0 Å². The fraction of sp³-hybridized carbons (Fsp3) is 0.353. The molecule has 1 aliphatic heterocycles. The molecule has 0 spiro atoms. The summed E-state index contributed by atoms with van der Waals surface area (Å²) in [5, 5.41) is 12.6. The number of carbonyl (C=O) groups is 1. The monoisotopic (exact) mass is 338 g/mol. The van der Waals surface area contributed by atoms with E-state index in [-0.39, 0.29) is 24.1 Å². The van der Waals surface area contributed by atoms with E-state index in [0.717, 1.165) is 23.1 Å². The van der Waals surface area contributed by atoms with Gasteiger partial charge in [-0.1, -0.05) is 17.3 Å². The maximum absolute atomic E-state index is 12.8. The predicted molar refractivity (Wildman–Crippen MR) is 90.7 cm³/mol. The molecule has 0 saturated carbocycles. The molecular weight excluding hydrogens is 320 g/mol. The Labute approximate surface area is 143 Å². The number of likely N-dealkylation sites (tertiary alicyclic amines) is 1. The summed E-state index contributed by atoms with van der Waals surface area (Å²) in [5.41, 5.74) is 1.26. The van der Waals surface area contributed by atoms with Gasteiger partial charge in [0.05, 0.1) is 17.6 Å². The normalized spacial score (nSPS) is 17.3. The molecule has 1 fully saturated rings. The average molecular weight is 338 g/mol. The summed E-state index contributed by atoms with van der Waals surface area (Å²) in [4.78, 5) is 27.1.